The molecule has 2 heterocycles. The zero-order valence-corrected chi connectivity index (χ0v) is 15.8. The largest absolute Gasteiger partial charge is 0.294 e. The van der Waals surface area contributed by atoms with Crippen molar-refractivity contribution in [2.45, 2.75) is 17.9 Å². The first-order valence-electron chi connectivity index (χ1n) is 8.88. The molecule has 0 aliphatic carbocycles. The van der Waals surface area contributed by atoms with Crippen molar-refractivity contribution in [3.8, 4) is 5.69 Å². The van der Waals surface area contributed by atoms with Gasteiger partial charge < -0.3 is 0 Å². The van der Waals surface area contributed by atoms with Crippen molar-refractivity contribution < 1.29 is 9.18 Å². The molecule has 4 rings (SSSR count). The zero-order valence-electron chi connectivity index (χ0n) is 15.0. The topological polar surface area (TPSA) is 60.7 Å². The number of para-hydroxylation sites is 1. The van der Waals surface area contributed by atoms with Gasteiger partial charge in [0.15, 0.2) is 11.4 Å². The summed E-state index contributed by atoms with van der Waals surface area (Å²) in [5, 5.41) is 6.18. The van der Waals surface area contributed by atoms with E-state index in [1.807, 2.05) is 30.3 Å². The number of fused-ring (bicyclic) bond motifs is 1. The van der Waals surface area contributed by atoms with Crippen LogP contribution in [0.3, 0.4) is 0 Å². The summed E-state index contributed by atoms with van der Waals surface area (Å²) in [6.07, 6.45) is 4.43. The normalized spacial score (nSPS) is 11.0. The summed E-state index contributed by atoms with van der Waals surface area (Å²) in [6.45, 7) is 0. The molecule has 0 N–H and O–H groups in total. The molecule has 0 radical (unpaired) electrons. The molecule has 0 unspecified atom stereocenters. The molecule has 0 saturated heterocycles. The summed E-state index contributed by atoms with van der Waals surface area (Å²) in [5.41, 5.74) is 2.24. The Kier molecular flexibility index (Phi) is 5.43. The van der Waals surface area contributed by atoms with Crippen LogP contribution in [0.15, 0.2) is 72.1 Å². The lowest BCUT2D eigenvalue weighted by Crippen LogP contribution is -2.00. The molecule has 0 atom stereocenters. The Morgan fingerprint density at radius 3 is 2.61 bits per heavy atom. The number of Topliss-reactive ketones (excluding diaryl/α,β-unsaturated/α-hetero) is 1. The van der Waals surface area contributed by atoms with E-state index in [-0.39, 0.29) is 11.6 Å². The van der Waals surface area contributed by atoms with Gasteiger partial charge in [-0.25, -0.2) is 19.0 Å². The first-order valence-corrected chi connectivity index (χ1v) is 9.86. The van der Waals surface area contributed by atoms with Crippen molar-refractivity contribution in [3.63, 3.8) is 0 Å². The minimum Gasteiger partial charge on any atom is -0.294 e. The summed E-state index contributed by atoms with van der Waals surface area (Å²) in [4.78, 5) is 20.9. The van der Waals surface area contributed by atoms with Crippen LogP contribution in [-0.4, -0.2) is 31.3 Å². The van der Waals surface area contributed by atoms with Gasteiger partial charge in [-0.3, -0.25) is 4.79 Å². The second-order valence-corrected chi connectivity index (χ2v) is 7.27. The molecule has 0 fully saturated rings. The maximum absolute atomic E-state index is 12.9. The number of nitrogens with zero attached hydrogens (tertiary/aromatic N) is 4. The predicted molar refractivity (Wildman–Crippen MR) is 107 cm³/mol. The van der Waals surface area contributed by atoms with E-state index < -0.39 is 0 Å². The van der Waals surface area contributed by atoms with E-state index >= 15 is 0 Å². The van der Waals surface area contributed by atoms with E-state index in [0.29, 0.717) is 18.4 Å². The van der Waals surface area contributed by atoms with Gasteiger partial charge in [0.2, 0.25) is 0 Å². The molecular weight excluding hydrogens is 375 g/mol. The van der Waals surface area contributed by atoms with E-state index in [4.69, 9.17) is 0 Å². The lowest BCUT2D eigenvalue weighted by molar-refractivity contribution is 0.0982. The van der Waals surface area contributed by atoms with E-state index in [0.717, 1.165) is 27.5 Å². The number of hydrogen-bond donors (Lipinski definition) is 0. The Bertz CT molecular complexity index is 1100. The minimum absolute atomic E-state index is 0.0188. The number of halogens is 1. The molecule has 4 aromatic rings. The highest BCUT2D eigenvalue weighted by Gasteiger charge is 2.12. The lowest BCUT2D eigenvalue weighted by atomic mass is 10.1. The molecule has 140 valence electrons. The fourth-order valence-electron chi connectivity index (χ4n) is 2.88. The Morgan fingerprint density at radius 2 is 1.82 bits per heavy atom. The molecule has 2 aromatic carbocycles. The maximum atomic E-state index is 12.9. The average molecular weight is 392 g/mol. The number of benzene rings is 2. The second-order valence-electron chi connectivity index (χ2n) is 6.19. The Balaban J connectivity index is 1.41. The van der Waals surface area contributed by atoms with Crippen molar-refractivity contribution in [3.05, 3.63) is 78.5 Å². The third kappa shape index (κ3) is 3.94. The minimum atomic E-state index is -0.337. The Morgan fingerprint density at radius 1 is 1.04 bits per heavy atom. The molecule has 0 aliphatic heterocycles. The maximum Gasteiger partial charge on any atom is 0.167 e. The first-order chi connectivity index (χ1) is 13.7. The van der Waals surface area contributed by atoms with E-state index in [1.54, 1.807) is 22.6 Å². The monoisotopic (exact) mass is 392 g/mol. The molecule has 0 spiro atoms. The zero-order chi connectivity index (χ0) is 19.3. The molecule has 0 bridgehead atoms. The second kappa shape index (κ2) is 8.31. The molecule has 7 heteroatoms. The summed E-state index contributed by atoms with van der Waals surface area (Å²) in [5.74, 6) is 0.427. The highest BCUT2D eigenvalue weighted by molar-refractivity contribution is 7.99. The molecule has 0 amide bonds. The predicted octanol–water partition coefficient (Wildman–Crippen LogP) is 4.71. The van der Waals surface area contributed by atoms with Gasteiger partial charge in [-0.15, -0.1) is 11.8 Å². The summed E-state index contributed by atoms with van der Waals surface area (Å²) < 4.78 is 14.7. The summed E-state index contributed by atoms with van der Waals surface area (Å²) in [7, 11) is 0. The molecule has 0 aliphatic rings. The van der Waals surface area contributed by atoms with Gasteiger partial charge in [0, 0.05) is 12.0 Å². The lowest BCUT2D eigenvalue weighted by Gasteiger charge is -2.04. The fourth-order valence-corrected chi connectivity index (χ4v) is 3.78. The number of aromatic nitrogens is 4. The van der Waals surface area contributed by atoms with Crippen LogP contribution in [0, 0.1) is 5.82 Å². The van der Waals surface area contributed by atoms with Crippen LogP contribution in [0.1, 0.15) is 23.2 Å². The third-order valence-corrected chi connectivity index (χ3v) is 5.37. The van der Waals surface area contributed by atoms with Crippen LogP contribution in [0.25, 0.3) is 16.7 Å². The van der Waals surface area contributed by atoms with E-state index in [1.165, 1.54) is 30.6 Å². The van der Waals surface area contributed by atoms with Crippen molar-refractivity contribution >= 4 is 28.6 Å². The quantitative estimate of drug-likeness (QED) is 0.197. The SMILES string of the molecule is O=C(CCCSc1ncnc2c1cnn2-c1ccccc1)c1ccc(F)cc1. The van der Waals surface area contributed by atoms with E-state index in [2.05, 4.69) is 15.1 Å². The summed E-state index contributed by atoms with van der Waals surface area (Å²) in [6, 6.07) is 15.5. The molecule has 5 nitrogen and oxygen atoms in total. The van der Waals surface area contributed by atoms with Gasteiger partial charge in [-0.05, 0) is 48.6 Å². The van der Waals surface area contributed by atoms with Crippen LogP contribution in [0.4, 0.5) is 4.39 Å². The van der Waals surface area contributed by atoms with Gasteiger partial charge in [-0.2, -0.15) is 5.10 Å². The molecule has 0 saturated carbocycles. The molecule has 2 aromatic heterocycles. The highest BCUT2D eigenvalue weighted by Crippen LogP contribution is 2.26. The fraction of sp³-hybridized carbons (Fsp3) is 0.143. The van der Waals surface area contributed by atoms with Gasteiger partial charge in [0.05, 0.1) is 17.3 Å². The van der Waals surface area contributed by atoms with Crippen LogP contribution in [0.5, 0.6) is 0 Å². The number of rotatable bonds is 7. The number of hydrogen-bond acceptors (Lipinski definition) is 5. The smallest absolute Gasteiger partial charge is 0.167 e. The van der Waals surface area contributed by atoms with Gasteiger partial charge in [0.1, 0.15) is 17.2 Å². The average Bonchev–Trinajstić information content (AvgIpc) is 3.17. The number of thioether (sulfide) groups is 1. The van der Waals surface area contributed by atoms with Crippen molar-refractivity contribution in [2.75, 3.05) is 5.75 Å². The summed E-state index contributed by atoms with van der Waals surface area (Å²) >= 11 is 1.58. The van der Waals surface area contributed by atoms with Crippen molar-refractivity contribution in [1.29, 1.82) is 0 Å². The first kappa shape index (κ1) is 18.3. The van der Waals surface area contributed by atoms with Crippen LogP contribution in [0.2, 0.25) is 0 Å². The van der Waals surface area contributed by atoms with Gasteiger partial charge in [0.25, 0.3) is 0 Å². The van der Waals surface area contributed by atoms with Crippen LogP contribution < -0.4 is 0 Å². The van der Waals surface area contributed by atoms with Gasteiger partial charge >= 0.3 is 0 Å². The molecular formula is C21H17FN4OS. The third-order valence-electron chi connectivity index (χ3n) is 4.28. The number of carbonyl (C=O) groups is 1. The van der Waals surface area contributed by atoms with Gasteiger partial charge in [-0.1, -0.05) is 18.2 Å². The van der Waals surface area contributed by atoms with Crippen LogP contribution >= 0.6 is 11.8 Å². The van der Waals surface area contributed by atoms with Crippen molar-refractivity contribution in [1.82, 2.24) is 19.7 Å². The molecule has 28 heavy (non-hydrogen) atoms. The Labute approximate surface area is 165 Å². The standard InChI is InChI=1S/C21H17FN4OS/c22-16-10-8-15(9-11-16)19(27)7-4-12-28-21-18-13-25-26(20(18)23-14-24-21)17-5-2-1-3-6-17/h1-3,5-6,8-11,13-14H,4,7,12H2. The Hall–Kier alpha value is -3.06. The highest BCUT2D eigenvalue weighted by atomic mass is 32.2. The number of ketones is 1. The van der Waals surface area contributed by atoms with E-state index in [9.17, 15) is 9.18 Å². The van der Waals surface area contributed by atoms with Crippen molar-refractivity contribution in [2.24, 2.45) is 0 Å². The number of carbonyl (C=O) groups excluding carboxylic acids is 1. The van der Waals surface area contributed by atoms with Crippen LogP contribution in [-0.2, 0) is 0 Å².